The number of hydrogen-bond acceptors (Lipinski definition) is 8. The first-order valence-electron chi connectivity index (χ1n) is 28.2. The molecule has 1 fully saturated rings. The Balaban J connectivity index is 1.15. The van der Waals surface area contributed by atoms with Crippen molar-refractivity contribution in [2.24, 2.45) is 22.7 Å². The topological polar surface area (TPSA) is 177 Å². The third kappa shape index (κ3) is 13.6. The Morgan fingerprint density at radius 3 is 2.01 bits per heavy atom. The molecule has 7 rings (SSSR count). The van der Waals surface area contributed by atoms with Crippen LogP contribution in [0.5, 0.6) is 0 Å². The highest BCUT2D eigenvalue weighted by atomic mass is 16.2. The van der Waals surface area contributed by atoms with Gasteiger partial charge in [-0.2, -0.15) is 0 Å². The number of nitrogens with zero attached hydrogens (tertiary/aromatic N) is 3. The van der Waals surface area contributed by atoms with Gasteiger partial charge in [0.05, 0.1) is 18.1 Å². The van der Waals surface area contributed by atoms with Gasteiger partial charge in [0.1, 0.15) is 23.9 Å². The Morgan fingerprint density at radius 1 is 0.731 bits per heavy atom. The van der Waals surface area contributed by atoms with Gasteiger partial charge in [0.2, 0.25) is 29.5 Å². The van der Waals surface area contributed by atoms with E-state index in [1.807, 2.05) is 153 Å². The van der Waals surface area contributed by atoms with Gasteiger partial charge in [-0.25, -0.2) is 0 Å². The maximum Gasteiger partial charge on any atom is 0.251 e. The van der Waals surface area contributed by atoms with Crippen LogP contribution in [-0.4, -0.2) is 99.7 Å². The number of carbonyl (C=O) groups is 7. The third-order valence-corrected chi connectivity index (χ3v) is 16.8. The van der Waals surface area contributed by atoms with Gasteiger partial charge in [-0.3, -0.25) is 33.6 Å². The van der Waals surface area contributed by atoms with Crippen LogP contribution in [-0.2, 0) is 54.7 Å². The number of Topliss-reactive ketones (excluding diaryl/α,β-unsaturated/α-hetero) is 1. The van der Waals surface area contributed by atoms with Crippen molar-refractivity contribution >= 4 is 41.2 Å². The monoisotopic (exact) mass is 1060 g/mol. The molecule has 0 spiro atoms. The number of benzene rings is 4. The molecule has 4 N–H and O–H groups in total. The molecular weight excluding hydrogens is 979 g/mol. The van der Waals surface area contributed by atoms with E-state index in [-0.39, 0.29) is 85.7 Å². The number of hydrogen-bond donors (Lipinski definition) is 4. The van der Waals surface area contributed by atoms with Crippen LogP contribution in [0.2, 0.25) is 0 Å². The number of aryl methyl sites for hydroxylation is 2. The van der Waals surface area contributed by atoms with Crippen LogP contribution in [0.3, 0.4) is 0 Å². The van der Waals surface area contributed by atoms with Crippen LogP contribution in [0.15, 0.2) is 97.1 Å². The number of rotatable bonds is 18. The minimum absolute atomic E-state index is 0.00212. The molecule has 78 heavy (non-hydrogen) atoms. The molecular formula is C64H85N7O7. The van der Waals surface area contributed by atoms with Crippen LogP contribution in [0.25, 0.3) is 0 Å². The molecule has 14 nitrogen and oxygen atoms in total. The van der Waals surface area contributed by atoms with Gasteiger partial charge in [0, 0.05) is 55.9 Å². The zero-order valence-corrected chi connectivity index (χ0v) is 48.2. The van der Waals surface area contributed by atoms with E-state index in [4.69, 9.17) is 0 Å². The molecule has 1 aliphatic carbocycles. The summed E-state index contributed by atoms with van der Waals surface area (Å²) in [5.41, 5.74) is 6.01. The normalized spacial score (nSPS) is 20.2. The van der Waals surface area contributed by atoms with Gasteiger partial charge in [0.15, 0.2) is 0 Å². The second-order valence-corrected chi connectivity index (χ2v) is 24.4. The average Bonchev–Trinajstić information content (AvgIpc) is 3.91. The SMILES string of the molecule is CC[C@@H](C)C(=O)N[C@H](C(=O)N1Cc2ccccc2C[C@H]1C(=O)N(Cc1ccc(C(=O)NC2C[C@@H](C(=O)NC3CCCc4ccccc43)N(C(=O)[C@@H](CC(=O)[C@H](C)NC)C(C)(C)C)C2)cc1)C(C)c1ccccc1C)C(C)(C)C. The fourth-order valence-electron chi connectivity index (χ4n) is 11.4. The molecule has 4 aromatic rings. The molecule has 6 amide bonds. The van der Waals surface area contributed by atoms with Crippen LogP contribution < -0.4 is 21.3 Å². The number of fused-ring (bicyclic) bond motifs is 2. The maximum atomic E-state index is 15.6. The quantitative estimate of drug-likeness (QED) is 0.0765. The van der Waals surface area contributed by atoms with Crippen molar-refractivity contribution in [2.45, 2.75) is 176 Å². The van der Waals surface area contributed by atoms with Crippen molar-refractivity contribution in [2.75, 3.05) is 13.6 Å². The first-order valence-corrected chi connectivity index (χ1v) is 28.2. The molecule has 0 radical (unpaired) electrons. The molecule has 3 unspecified atom stereocenters. The molecule has 2 aliphatic heterocycles. The Kier molecular flexibility index (Phi) is 18.9. The van der Waals surface area contributed by atoms with Crippen LogP contribution in [0, 0.1) is 29.6 Å². The van der Waals surface area contributed by atoms with Crippen molar-refractivity contribution in [3.63, 3.8) is 0 Å². The van der Waals surface area contributed by atoms with E-state index < -0.39 is 53.0 Å². The molecule has 0 aromatic heterocycles. The Bertz CT molecular complexity index is 2830. The van der Waals surface area contributed by atoms with Gasteiger partial charge >= 0.3 is 0 Å². The first-order chi connectivity index (χ1) is 36.9. The summed E-state index contributed by atoms with van der Waals surface area (Å²) in [6.07, 6.45) is 3.71. The van der Waals surface area contributed by atoms with Gasteiger partial charge in [0.25, 0.3) is 5.91 Å². The van der Waals surface area contributed by atoms with Crippen molar-refractivity contribution in [3.05, 3.63) is 142 Å². The highest BCUT2D eigenvalue weighted by Crippen LogP contribution is 2.37. The van der Waals surface area contributed by atoms with Gasteiger partial charge in [-0.15, -0.1) is 0 Å². The minimum Gasteiger partial charge on any atom is -0.347 e. The lowest BCUT2D eigenvalue weighted by atomic mass is 9.76. The number of likely N-dealkylation sites (tertiary alicyclic amines) is 1. The predicted molar refractivity (Wildman–Crippen MR) is 305 cm³/mol. The standard InChI is InChI=1S/C64H85N7O7/c1-13-39(2)57(73)68-56(64(9,10)11)62(78)70-37-47-24-16-15-23-46(47)33-54(70)61(77)69(42(5)49-26-18-14-21-40(49)3)36-43-29-31-45(32-30-43)58(74)66-48-34-53(59(75)67-52-28-20-25-44-22-17-19-27-50(44)52)71(38-48)60(76)51(63(6,7)8)35-55(72)41(4)65-12/h14-19,21-24,26-27,29-32,39,41-42,48,51-54,56,65H,13,20,25,28,33-38H2,1-12H3,(H,66,74)(H,67,75)(H,68,73)/t39-,41+,42?,48?,51-,52?,53+,54+,56-/m1/s1. The van der Waals surface area contributed by atoms with Crippen LogP contribution in [0.4, 0.5) is 0 Å². The average molecular weight is 1060 g/mol. The van der Waals surface area contributed by atoms with E-state index in [0.29, 0.717) is 18.4 Å². The van der Waals surface area contributed by atoms with Gasteiger partial charge in [-0.1, -0.05) is 140 Å². The molecule has 0 saturated carbocycles. The van der Waals surface area contributed by atoms with Crippen molar-refractivity contribution in [1.82, 2.24) is 36.0 Å². The Morgan fingerprint density at radius 2 is 1.37 bits per heavy atom. The van der Waals surface area contributed by atoms with E-state index in [2.05, 4.69) is 27.3 Å². The summed E-state index contributed by atoms with van der Waals surface area (Å²) in [7, 11) is 1.71. The fraction of sp³-hybridized carbons (Fsp3) is 0.516. The van der Waals surface area contributed by atoms with E-state index in [1.54, 1.807) is 35.9 Å². The van der Waals surface area contributed by atoms with Gasteiger partial charge < -0.3 is 36.0 Å². The predicted octanol–water partition coefficient (Wildman–Crippen LogP) is 8.74. The first kappa shape index (κ1) is 59.0. The summed E-state index contributed by atoms with van der Waals surface area (Å²) in [4.78, 5) is 106. The fourth-order valence-corrected chi connectivity index (χ4v) is 11.4. The molecule has 9 atom stereocenters. The van der Waals surface area contributed by atoms with Crippen molar-refractivity contribution < 1.29 is 33.6 Å². The molecule has 418 valence electrons. The molecule has 4 aromatic carbocycles. The molecule has 14 heteroatoms. The number of ketones is 1. The number of amides is 6. The number of nitrogens with one attached hydrogen (secondary N) is 4. The lowest BCUT2D eigenvalue weighted by Crippen LogP contribution is -2.61. The minimum atomic E-state index is -0.889. The van der Waals surface area contributed by atoms with Gasteiger partial charge in [-0.05, 0) is 122 Å². The molecule has 1 saturated heterocycles. The lowest BCUT2D eigenvalue weighted by Gasteiger charge is -2.43. The summed E-state index contributed by atoms with van der Waals surface area (Å²) < 4.78 is 0. The summed E-state index contributed by atoms with van der Waals surface area (Å²) in [6, 6.07) is 26.7. The number of carbonyl (C=O) groups excluding carboxylic acids is 7. The van der Waals surface area contributed by atoms with Crippen molar-refractivity contribution in [3.8, 4) is 0 Å². The van der Waals surface area contributed by atoms with Crippen LogP contribution >= 0.6 is 0 Å². The largest absolute Gasteiger partial charge is 0.347 e. The zero-order valence-electron chi connectivity index (χ0n) is 48.2. The number of likely N-dealkylation sites (N-methyl/N-ethyl adjacent to an activating group) is 1. The third-order valence-electron chi connectivity index (χ3n) is 16.8. The van der Waals surface area contributed by atoms with E-state index in [0.717, 1.165) is 52.6 Å². The zero-order chi connectivity index (χ0) is 56.8. The second kappa shape index (κ2) is 25.0. The molecule has 2 heterocycles. The maximum absolute atomic E-state index is 15.6. The molecule has 0 bridgehead atoms. The van der Waals surface area contributed by atoms with E-state index in [9.17, 15) is 24.0 Å². The Labute approximate surface area is 463 Å². The lowest BCUT2D eigenvalue weighted by molar-refractivity contribution is -0.152. The van der Waals surface area contributed by atoms with Crippen molar-refractivity contribution in [1.29, 1.82) is 0 Å². The molecule has 3 aliphatic rings. The summed E-state index contributed by atoms with van der Waals surface area (Å²) in [5, 5.41) is 12.5. The summed E-state index contributed by atoms with van der Waals surface area (Å²) >= 11 is 0. The van der Waals surface area contributed by atoms with E-state index in [1.165, 1.54) is 5.56 Å². The highest BCUT2D eigenvalue weighted by Gasteiger charge is 2.47. The Hall–Kier alpha value is -6.67. The summed E-state index contributed by atoms with van der Waals surface area (Å²) in [6.45, 7) is 21.6. The second-order valence-electron chi connectivity index (χ2n) is 24.4. The smallest absolute Gasteiger partial charge is 0.251 e. The summed E-state index contributed by atoms with van der Waals surface area (Å²) in [5.74, 6) is -2.84. The highest BCUT2D eigenvalue weighted by molar-refractivity contribution is 5.96. The van der Waals surface area contributed by atoms with Crippen LogP contribution in [0.1, 0.15) is 163 Å². The van der Waals surface area contributed by atoms with E-state index >= 15 is 9.59 Å².